The van der Waals surface area contributed by atoms with Gasteiger partial charge in [0.25, 0.3) is 59.1 Å². The third-order valence-electron chi connectivity index (χ3n) is 12.3. The van der Waals surface area contributed by atoms with E-state index in [1.165, 1.54) is 30.5 Å². The number of rotatable bonds is 26. The number of hydrogen-bond acceptors (Lipinski definition) is 24. The number of carbonyl (C=O) groups is 14. The van der Waals surface area contributed by atoms with Gasteiger partial charge in [0.1, 0.15) is 6.73 Å². The van der Waals surface area contributed by atoms with Crippen LogP contribution < -0.4 is 16.4 Å². The summed E-state index contributed by atoms with van der Waals surface area (Å²) in [5.74, 6) is -7.14. The van der Waals surface area contributed by atoms with Gasteiger partial charge in [0.2, 0.25) is 11.8 Å². The molecule has 29 nitrogen and oxygen atoms in total. The Morgan fingerprint density at radius 3 is 1.20 bits per heavy atom. The second kappa shape index (κ2) is 36.5. The molecule has 0 aliphatic carbocycles. The Kier molecular flexibility index (Phi) is 32.0. The number of nitrogens with two attached hydrogens (primary N) is 1. The zero-order valence-electron chi connectivity index (χ0n) is 49.5. The Labute approximate surface area is 509 Å². The number of hydrogen-bond donors (Lipinski definition) is 3. The van der Waals surface area contributed by atoms with Crippen molar-refractivity contribution < 1.29 is 98.5 Å². The molecule has 0 aromatic carbocycles. The molecule has 0 aromatic heterocycles. The van der Waals surface area contributed by atoms with E-state index in [2.05, 4.69) is 21.8 Å². The molecule has 0 radical (unpaired) electrons. The monoisotopic (exact) mass is 1290 g/mol. The van der Waals surface area contributed by atoms with Crippen LogP contribution in [0.4, 0.5) is 0 Å². The van der Waals surface area contributed by atoms with Crippen LogP contribution in [0.3, 0.4) is 0 Å². The van der Waals surface area contributed by atoms with Gasteiger partial charge in [-0.1, -0.05) is 1.12 Å². The number of carbonyl (C=O) groups excluding carboxylic acids is 14. The van der Waals surface area contributed by atoms with Gasteiger partial charge < -0.3 is 30.3 Å². The van der Waals surface area contributed by atoms with Gasteiger partial charge in [-0.3, -0.25) is 75.8 Å². The molecule has 2 fully saturated rings. The summed E-state index contributed by atoms with van der Waals surface area (Å²) in [4.78, 5) is 179. The van der Waals surface area contributed by atoms with Crippen LogP contribution in [0.15, 0.2) is 36.5 Å². The fourth-order valence-corrected chi connectivity index (χ4v) is 11.9. The van der Waals surface area contributed by atoms with Crippen LogP contribution >= 0.6 is 0 Å². The molecule has 35 heteroatoms. The van der Waals surface area contributed by atoms with Crippen molar-refractivity contribution in [3.8, 4) is 0 Å². The molecule has 0 saturated carbocycles. The summed E-state index contributed by atoms with van der Waals surface area (Å²) in [6, 6.07) is 0. The van der Waals surface area contributed by atoms with Crippen molar-refractivity contribution in [3.63, 3.8) is 0 Å². The second-order valence-electron chi connectivity index (χ2n) is 20.7. The van der Waals surface area contributed by atoms with Crippen LogP contribution in [0, 0.1) is 0 Å². The normalized spacial score (nSPS) is 16.3. The van der Waals surface area contributed by atoms with Gasteiger partial charge in [0.05, 0.1) is 0 Å². The number of nitrogens with zero attached hydrogens (tertiary/aromatic N) is 5. The fourth-order valence-electron chi connectivity index (χ4n) is 7.72. The van der Waals surface area contributed by atoms with Crippen molar-refractivity contribution in [1.82, 2.24) is 35.6 Å². The zero-order valence-corrected chi connectivity index (χ0v) is 52.6. The smallest absolute Gasteiger partial charge is 0.333 e. The van der Waals surface area contributed by atoms with Gasteiger partial charge in [0, 0.05) is 155 Å². The Balaban J connectivity index is 0.000000669. The van der Waals surface area contributed by atoms with Gasteiger partial charge in [0.15, 0.2) is 0 Å². The van der Waals surface area contributed by atoms with Crippen molar-refractivity contribution in [2.75, 3.05) is 32.9 Å². The summed E-state index contributed by atoms with van der Waals surface area (Å²) < 4.78 is 47.3. The van der Waals surface area contributed by atoms with Crippen molar-refractivity contribution >= 4 is 143 Å². The number of nitrogens with one attached hydrogen (secondary N) is 2. The van der Waals surface area contributed by atoms with Gasteiger partial charge in [-0.05, 0) is 81.1 Å². The van der Waals surface area contributed by atoms with E-state index in [0.717, 1.165) is 22.0 Å². The maximum absolute atomic E-state index is 13.3. The summed E-state index contributed by atoms with van der Waals surface area (Å²) in [7, 11) is -4.71. The predicted octanol–water partition coefficient (Wildman–Crippen LogP) is -0.763. The SMILES string of the molecule is CB=S=O.CC(C)(CCC(=O)NCCN1C(=O)C=CC1=O)S(=O)C(C)(C)CCC(=O)NCON1C(=O)C=CC1=O.CC(C)(CCC(=O)ON1C(=O)CCC1=O)S(=O)C(C)(C)CCC(=O)ON1C(=O)CCC1=O.NCCN1C(=O)C=CC1=O.[2H][S-](=O)=S. The maximum atomic E-state index is 13.3. The van der Waals surface area contributed by atoms with E-state index in [4.69, 9.17) is 29.8 Å². The first kappa shape index (κ1) is 74.6. The molecule has 4 N–H and O–H groups in total. The van der Waals surface area contributed by atoms with Crippen LogP contribution in [0.1, 0.15) is 132 Å². The molecule has 1 unspecified atom stereocenters. The molecule has 5 aliphatic heterocycles. The molecule has 0 spiro atoms. The molecule has 85 heavy (non-hydrogen) atoms. The minimum Gasteiger partial charge on any atom is -0.454 e. The summed E-state index contributed by atoms with van der Waals surface area (Å²) in [6.07, 6.45) is 9.20. The van der Waals surface area contributed by atoms with Gasteiger partial charge in [-0.2, -0.15) is 0 Å². The van der Waals surface area contributed by atoms with E-state index in [1.54, 1.807) is 62.2 Å². The Hall–Kier alpha value is -6.53. The molecular formula is C50H72BN8O21S5-. The average molecular weight is 1290 g/mol. The van der Waals surface area contributed by atoms with Crippen molar-refractivity contribution in [2.45, 2.75) is 158 Å². The van der Waals surface area contributed by atoms with Crippen LogP contribution in [0.5, 0.6) is 0 Å². The summed E-state index contributed by atoms with van der Waals surface area (Å²) >= 11 is 4.24. The standard InChI is InChI=1S/C23H32N4O8S.C20H28N2O9S.C6H8N2O2.CH3BOS.HOS2/c1-22(2,11-9-16(28)24-13-14-26-18(30)5-6-19(26)31)36(34)23(3,4)12-10-17(29)25-15-35-27-20(32)7-8-21(27)33;1-19(2,11-9-17(27)30-21-13(23)5-6-14(21)24)32(29)20(3,4)12-10-18(28)31-22-15(25)7-8-16(22)26;7-3-4-8-5(9)1-2-6(8)10;1-2-4-3;1-3-2/h5-8H,9-15H2,1-4H3,(H,24,28)(H,25,29);5-12H2,1-4H3;1-2H,3-4,7H2;1H3;3H/q;;;;-1/i;;;;3D. The Morgan fingerprint density at radius 1 is 0.588 bits per heavy atom. The predicted molar refractivity (Wildman–Crippen MR) is 309 cm³/mol. The fraction of sp³-hybridized carbons (Fsp3) is 0.600. The Bertz CT molecular complexity index is 2670. The van der Waals surface area contributed by atoms with E-state index in [9.17, 15) is 75.5 Å². The Morgan fingerprint density at radius 2 is 0.882 bits per heavy atom. The molecule has 472 valence electrons. The molecule has 2 saturated heterocycles. The summed E-state index contributed by atoms with van der Waals surface area (Å²) in [5, 5.41) is 6.59. The zero-order chi connectivity index (χ0) is 65.9. The summed E-state index contributed by atoms with van der Waals surface area (Å²) in [6.45, 7) is 16.1. The van der Waals surface area contributed by atoms with E-state index in [1.807, 2.05) is 0 Å². The third kappa shape index (κ3) is 25.9. The number of hydroxylamine groups is 6. The first-order valence-electron chi connectivity index (χ1n) is 26.4. The first-order chi connectivity index (χ1) is 39.9. The van der Waals surface area contributed by atoms with E-state index in [0.29, 0.717) is 45.8 Å². The number of amides is 12. The van der Waals surface area contributed by atoms with Crippen molar-refractivity contribution in [2.24, 2.45) is 5.73 Å². The molecule has 0 aromatic rings. The molecule has 5 heterocycles. The van der Waals surface area contributed by atoms with Gasteiger partial charge in [-0.25, -0.2) is 35.7 Å². The minimum absolute atomic E-state index is 0.00166. The molecule has 0 bridgehead atoms. The largest absolute Gasteiger partial charge is 0.454 e. The second-order valence-corrected chi connectivity index (χ2v) is 27.4. The first-order valence-corrected chi connectivity index (χ1v) is 30.8. The van der Waals surface area contributed by atoms with Crippen LogP contribution in [-0.4, -0.2) is 180 Å². The van der Waals surface area contributed by atoms with Gasteiger partial charge >= 0.3 is 40.2 Å². The number of thiol groups is 1. The number of imide groups is 5. The molecule has 5 aliphatic rings. The van der Waals surface area contributed by atoms with Gasteiger partial charge in [-0.15, -0.1) is 15.2 Å². The maximum Gasteiger partial charge on any atom is 0.333 e. The van der Waals surface area contributed by atoms with Crippen molar-refractivity contribution in [3.05, 3.63) is 36.5 Å². The molecular weight excluding hydrogens is 1220 g/mol. The van der Waals surface area contributed by atoms with Crippen LogP contribution in [-0.2, 0) is 140 Å². The van der Waals surface area contributed by atoms with Crippen LogP contribution in [0.25, 0.3) is 0 Å². The van der Waals surface area contributed by atoms with E-state index in [-0.39, 0.29) is 108 Å². The summed E-state index contributed by atoms with van der Waals surface area (Å²) in [5.41, 5.74) is 5.16. The topological polar surface area (TPSA) is 401 Å². The quantitative estimate of drug-likeness (QED) is 0.0315. The molecule has 5 rings (SSSR count). The van der Waals surface area contributed by atoms with Crippen molar-refractivity contribution in [1.29, 1.82) is 1.12 Å². The third-order valence-corrected chi connectivity index (χ3v) is 17.3. The van der Waals surface area contributed by atoms with Crippen LogP contribution in [0.2, 0.25) is 6.82 Å². The molecule has 1 atom stereocenters. The average Bonchev–Trinajstić information content (AvgIpc) is 3.19. The minimum atomic E-state index is -1.78. The van der Waals surface area contributed by atoms with E-state index >= 15 is 0 Å². The molecule has 12 amide bonds. The van der Waals surface area contributed by atoms with E-state index < -0.39 is 116 Å².